The van der Waals surface area contributed by atoms with E-state index in [0.717, 1.165) is 11.3 Å². The molecule has 0 radical (unpaired) electrons. The molecule has 1 aromatic carbocycles. The Kier molecular flexibility index (Phi) is 3.98. The van der Waals surface area contributed by atoms with Gasteiger partial charge >= 0.3 is 5.97 Å². The molecule has 0 aliphatic carbocycles. The van der Waals surface area contributed by atoms with E-state index >= 15 is 0 Å². The second-order valence-electron chi connectivity index (χ2n) is 4.56. The molecule has 20 heavy (non-hydrogen) atoms. The summed E-state index contributed by atoms with van der Waals surface area (Å²) in [5.74, 6) is -1.31. The normalized spacial score (nSPS) is 10.3. The van der Waals surface area contributed by atoms with Crippen LogP contribution in [0.1, 0.15) is 27.3 Å². The third-order valence-corrected chi connectivity index (χ3v) is 2.94. The van der Waals surface area contributed by atoms with E-state index in [4.69, 9.17) is 0 Å². The monoisotopic (exact) mass is 274 g/mol. The predicted octanol–water partition coefficient (Wildman–Crippen LogP) is 3.15. The standard InChI is InChI=1S/C15H15FN2O2/c1-9-7-13(14(15(19)20)10(2)18-9)17-8-11-3-5-12(16)6-4-11/h3-7H,8H2,1-2H3,(H,17,18)(H,19,20). The van der Waals surface area contributed by atoms with E-state index in [1.807, 2.05) is 6.92 Å². The van der Waals surface area contributed by atoms with Gasteiger partial charge in [-0.15, -0.1) is 0 Å². The van der Waals surface area contributed by atoms with E-state index in [1.54, 1.807) is 25.1 Å². The van der Waals surface area contributed by atoms with Crippen molar-refractivity contribution in [2.24, 2.45) is 0 Å². The molecule has 0 aliphatic heterocycles. The van der Waals surface area contributed by atoms with Gasteiger partial charge in [0.05, 0.1) is 11.4 Å². The van der Waals surface area contributed by atoms with Crippen LogP contribution in [-0.2, 0) is 6.54 Å². The molecule has 0 spiro atoms. The molecule has 0 saturated carbocycles. The molecule has 0 bridgehead atoms. The highest BCUT2D eigenvalue weighted by molar-refractivity contribution is 5.95. The molecule has 1 heterocycles. The Morgan fingerprint density at radius 1 is 1.30 bits per heavy atom. The van der Waals surface area contributed by atoms with Crippen LogP contribution in [0.2, 0.25) is 0 Å². The molecule has 2 N–H and O–H groups in total. The number of halogens is 1. The van der Waals surface area contributed by atoms with Gasteiger partial charge in [0, 0.05) is 12.2 Å². The van der Waals surface area contributed by atoms with Gasteiger partial charge in [-0.05, 0) is 37.6 Å². The molecule has 0 unspecified atom stereocenters. The summed E-state index contributed by atoms with van der Waals surface area (Å²) in [6.45, 7) is 3.89. The molecule has 2 aromatic rings. The zero-order valence-corrected chi connectivity index (χ0v) is 11.3. The number of anilines is 1. The average Bonchev–Trinajstić information content (AvgIpc) is 2.36. The van der Waals surface area contributed by atoms with Gasteiger partial charge in [0.2, 0.25) is 0 Å². The van der Waals surface area contributed by atoms with E-state index in [9.17, 15) is 14.3 Å². The lowest BCUT2D eigenvalue weighted by Gasteiger charge is -2.12. The number of aromatic carboxylic acids is 1. The minimum atomic E-state index is -1.02. The number of aryl methyl sites for hydroxylation is 2. The SMILES string of the molecule is Cc1cc(NCc2ccc(F)cc2)c(C(=O)O)c(C)n1. The maximum Gasteiger partial charge on any atom is 0.339 e. The van der Waals surface area contributed by atoms with Crippen LogP contribution < -0.4 is 5.32 Å². The molecular formula is C15H15FN2O2. The fraction of sp³-hybridized carbons (Fsp3) is 0.200. The van der Waals surface area contributed by atoms with Gasteiger partial charge in [-0.1, -0.05) is 12.1 Å². The Balaban J connectivity index is 2.24. The Bertz CT molecular complexity index is 639. The molecule has 4 nitrogen and oxygen atoms in total. The lowest BCUT2D eigenvalue weighted by Crippen LogP contribution is -2.10. The van der Waals surface area contributed by atoms with Crippen molar-refractivity contribution in [3.8, 4) is 0 Å². The van der Waals surface area contributed by atoms with E-state index < -0.39 is 5.97 Å². The predicted molar refractivity (Wildman–Crippen MR) is 74.4 cm³/mol. The van der Waals surface area contributed by atoms with Crippen molar-refractivity contribution in [2.75, 3.05) is 5.32 Å². The molecule has 0 fully saturated rings. The van der Waals surface area contributed by atoms with Crippen LogP contribution in [0.4, 0.5) is 10.1 Å². The van der Waals surface area contributed by atoms with Gasteiger partial charge < -0.3 is 10.4 Å². The zero-order valence-electron chi connectivity index (χ0n) is 11.3. The fourth-order valence-electron chi connectivity index (χ4n) is 2.04. The van der Waals surface area contributed by atoms with Crippen LogP contribution >= 0.6 is 0 Å². The highest BCUT2D eigenvalue weighted by Crippen LogP contribution is 2.20. The third kappa shape index (κ3) is 3.12. The Hall–Kier alpha value is -2.43. The van der Waals surface area contributed by atoms with Gasteiger partial charge in [0.1, 0.15) is 11.4 Å². The number of nitrogens with zero attached hydrogens (tertiary/aromatic N) is 1. The van der Waals surface area contributed by atoms with Crippen LogP contribution in [0.15, 0.2) is 30.3 Å². The number of pyridine rings is 1. The Labute approximate surface area is 116 Å². The first-order valence-electron chi connectivity index (χ1n) is 6.17. The lowest BCUT2D eigenvalue weighted by atomic mass is 10.1. The van der Waals surface area contributed by atoms with Gasteiger partial charge in [0.15, 0.2) is 0 Å². The van der Waals surface area contributed by atoms with Crippen LogP contribution in [0.5, 0.6) is 0 Å². The summed E-state index contributed by atoms with van der Waals surface area (Å²) in [5.41, 5.74) is 2.77. The fourth-order valence-corrected chi connectivity index (χ4v) is 2.04. The molecule has 1 aromatic heterocycles. The number of carboxylic acid groups (broad SMARTS) is 1. The molecule has 0 amide bonds. The minimum absolute atomic E-state index is 0.165. The van der Waals surface area contributed by atoms with Crippen LogP contribution in [-0.4, -0.2) is 16.1 Å². The minimum Gasteiger partial charge on any atom is -0.478 e. The van der Waals surface area contributed by atoms with Gasteiger partial charge in [-0.2, -0.15) is 0 Å². The highest BCUT2D eigenvalue weighted by Gasteiger charge is 2.15. The maximum atomic E-state index is 12.8. The number of hydrogen-bond acceptors (Lipinski definition) is 3. The molecule has 2 rings (SSSR count). The number of carboxylic acids is 1. The van der Waals surface area contributed by atoms with E-state index in [-0.39, 0.29) is 11.4 Å². The summed E-state index contributed by atoms with van der Waals surface area (Å²) in [5, 5.41) is 12.3. The average molecular weight is 274 g/mol. The number of rotatable bonds is 4. The number of nitrogens with one attached hydrogen (secondary N) is 1. The maximum absolute atomic E-state index is 12.8. The van der Waals surface area contributed by atoms with Crippen LogP contribution in [0, 0.1) is 19.7 Å². The Morgan fingerprint density at radius 2 is 1.95 bits per heavy atom. The topological polar surface area (TPSA) is 62.2 Å². The summed E-state index contributed by atoms with van der Waals surface area (Å²) in [6.07, 6.45) is 0. The summed E-state index contributed by atoms with van der Waals surface area (Å²) >= 11 is 0. The number of carbonyl (C=O) groups is 1. The van der Waals surface area contributed by atoms with E-state index in [2.05, 4.69) is 10.3 Å². The van der Waals surface area contributed by atoms with Crippen LogP contribution in [0.25, 0.3) is 0 Å². The first-order valence-corrected chi connectivity index (χ1v) is 6.17. The van der Waals surface area contributed by atoms with Crippen LogP contribution in [0.3, 0.4) is 0 Å². The molecule has 5 heteroatoms. The van der Waals surface area contributed by atoms with Crippen molar-refractivity contribution in [2.45, 2.75) is 20.4 Å². The van der Waals surface area contributed by atoms with Crippen molar-refractivity contribution in [1.82, 2.24) is 4.98 Å². The number of benzene rings is 1. The largest absolute Gasteiger partial charge is 0.478 e. The first kappa shape index (κ1) is 14.0. The Morgan fingerprint density at radius 3 is 2.55 bits per heavy atom. The zero-order chi connectivity index (χ0) is 14.7. The molecular weight excluding hydrogens is 259 g/mol. The highest BCUT2D eigenvalue weighted by atomic mass is 19.1. The van der Waals surface area contributed by atoms with Crippen molar-refractivity contribution in [3.05, 3.63) is 58.7 Å². The smallest absolute Gasteiger partial charge is 0.339 e. The number of hydrogen-bond donors (Lipinski definition) is 2. The summed E-state index contributed by atoms with van der Waals surface area (Å²) in [7, 11) is 0. The second-order valence-corrected chi connectivity index (χ2v) is 4.56. The number of aromatic nitrogens is 1. The molecule has 0 atom stereocenters. The molecule has 0 saturated heterocycles. The third-order valence-electron chi connectivity index (χ3n) is 2.94. The molecule has 0 aliphatic rings. The summed E-state index contributed by atoms with van der Waals surface area (Å²) in [4.78, 5) is 15.4. The molecule has 104 valence electrons. The van der Waals surface area contributed by atoms with Crippen molar-refractivity contribution < 1.29 is 14.3 Å². The first-order chi connectivity index (χ1) is 9.47. The van der Waals surface area contributed by atoms with Crippen molar-refractivity contribution >= 4 is 11.7 Å². The quantitative estimate of drug-likeness (QED) is 0.899. The summed E-state index contributed by atoms with van der Waals surface area (Å²) in [6, 6.07) is 7.75. The van der Waals surface area contributed by atoms with Gasteiger partial charge in [-0.3, -0.25) is 4.98 Å². The van der Waals surface area contributed by atoms with Gasteiger partial charge in [0.25, 0.3) is 0 Å². The second kappa shape index (κ2) is 5.69. The van der Waals surface area contributed by atoms with Crippen molar-refractivity contribution in [1.29, 1.82) is 0 Å². The van der Waals surface area contributed by atoms with E-state index in [1.165, 1.54) is 12.1 Å². The van der Waals surface area contributed by atoms with E-state index in [0.29, 0.717) is 17.9 Å². The summed E-state index contributed by atoms with van der Waals surface area (Å²) < 4.78 is 12.8. The van der Waals surface area contributed by atoms with Gasteiger partial charge in [-0.25, -0.2) is 9.18 Å². The lowest BCUT2D eigenvalue weighted by molar-refractivity contribution is 0.0696. The van der Waals surface area contributed by atoms with Crippen molar-refractivity contribution in [3.63, 3.8) is 0 Å².